The van der Waals surface area contributed by atoms with Crippen LogP contribution < -0.4 is 5.73 Å². The van der Waals surface area contributed by atoms with E-state index in [9.17, 15) is 0 Å². The van der Waals surface area contributed by atoms with Gasteiger partial charge in [0.15, 0.2) is 5.96 Å². The van der Waals surface area contributed by atoms with Crippen molar-refractivity contribution in [2.24, 2.45) is 10.7 Å². The van der Waals surface area contributed by atoms with Crippen molar-refractivity contribution < 1.29 is 4.74 Å². The maximum atomic E-state index is 6.00. The fourth-order valence-electron chi connectivity index (χ4n) is 2.22. The molecule has 1 aromatic carbocycles. The van der Waals surface area contributed by atoms with Crippen molar-refractivity contribution in [1.82, 2.24) is 14.7 Å². The third kappa shape index (κ3) is 4.20. The van der Waals surface area contributed by atoms with Crippen molar-refractivity contribution in [2.45, 2.75) is 6.54 Å². The molecular formula is C15H20IN5O. The van der Waals surface area contributed by atoms with Crippen molar-refractivity contribution in [2.75, 3.05) is 26.3 Å². The fraction of sp³-hybridized carbons (Fsp3) is 0.333. The van der Waals surface area contributed by atoms with Crippen molar-refractivity contribution in [3.05, 3.63) is 48.3 Å². The molecule has 0 aliphatic carbocycles. The van der Waals surface area contributed by atoms with Gasteiger partial charge in [-0.05, 0) is 18.2 Å². The van der Waals surface area contributed by atoms with Gasteiger partial charge in [0, 0.05) is 19.3 Å². The van der Waals surface area contributed by atoms with Gasteiger partial charge in [-0.2, -0.15) is 5.10 Å². The molecule has 0 unspecified atom stereocenters. The molecule has 1 aliphatic heterocycles. The van der Waals surface area contributed by atoms with Gasteiger partial charge in [0.05, 0.1) is 31.1 Å². The van der Waals surface area contributed by atoms with E-state index in [0.29, 0.717) is 25.7 Å². The van der Waals surface area contributed by atoms with Crippen LogP contribution in [-0.2, 0) is 11.3 Å². The predicted molar refractivity (Wildman–Crippen MR) is 96.7 cm³/mol. The molecular weight excluding hydrogens is 393 g/mol. The van der Waals surface area contributed by atoms with Gasteiger partial charge in [-0.1, -0.05) is 18.2 Å². The summed E-state index contributed by atoms with van der Waals surface area (Å²) in [5.41, 5.74) is 7.93. The third-order valence-corrected chi connectivity index (χ3v) is 3.40. The Hall–Kier alpha value is -1.61. The first-order chi connectivity index (χ1) is 10.3. The quantitative estimate of drug-likeness (QED) is 0.472. The zero-order chi connectivity index (χ0) is 14.5. The van der Waals surface area contributed by atoms with Crippen LogP contribution in [0.25, 0.3) is 5.69 Å². The van der Waals surface area contributed by atoms with Gasteiger partial charge in [-0.25, -0.2) is 9.67 Å². The first-order valence-corrected chi connectivity index (χ1v) is 7.05. The minimum Gasteiger partial charge on any atom is -0.378 e. The van der Waals surface area contributed by atoms with Crippen LogP contribution in [0.1, 0.15) is 5.69 Å². The lowest BCUT2D eigenvalue weighted by Gasteiger charge is -2.27. The molecule has 1 fully saturated rings. The number of guanidine groups is 1. The van der Waals surface area contributed by atoms with E-state index in [4.69, 9.17) is 10.5 Å². The molecule has 22 heavy (non-hydrogen) atoms. The third-order valence-electron chi connectivity index (χ3n) is 3.40. The maximum Gasteiger partial charge on any atom is 0.191 e. The van der Waals surface area contributed by atoms with E-state index < -0.39 is 0 Å². The van der Waals surface area contributed by atoms with Gasteiger partial charge in [-0.15, -0.1) is 24.0 Å². The monoisotopic (exact) mass is 413 g/mol. The summed E-state index contributed by atoms with van der Waals surface area (Å²) in [6.45, 7) is 3.50. The Kier molecular flexibility index (Phi) is 6.20. The van der Waals surface area contributed by atoms with E-state index in [-0.39, 0.29) is 24.0 Å². The van der Waals surface area contributed by atoms with Crippen LogP contribution in [0, 0.1) is 0 Å². The Morgan fingerprint density at radius 1 is 1.18 bits per heavy atom. The molecule has 2 aromatic rings. The topological polar surface area (TPSA) is 68.7 Å². The summed E-state index contributed by atoms with van der Waals surface area (Å²) >= 11 is 0. The summed E-state index contributed by atoms with van der Waals surface area (Å²) in [6, 6.07) is 12.0. The van der Waals surface area contributed by atoms with Crippen LogP contribution in [0.3, 0.4) is 0 Å². The van der Waals surface area contributed by atoms with Crippen molar-refractivity contribution in [3.8, 4) is 5.69 Å². The van der Waals surface area contributed by atoms with Gasteiger partial charge >= 0.3 is 0 Å². The average Bonchev–Trinajstić information content (AvgIpc) is 3.03. The summed E-state index contributed by atoms with van der Waals surface area (Å²) < 4.78 is 7.14. The smallest absolute Gasteiger partial charge is 0.191 e. The van der Waals surface area contributed by atoms with Crippen LogP contribution in [0.2, 0.25) is 0 Å². The van der Waals surface area contributed by atoms with Crippen molar-refractivity contribution in [3.63, 3.8) is 0 Å². The number of morpholine rings is 1. The van der Waals surface area contributed by atoms with E-state index in [2.05, 4.69) is 10.1 Å². The Morgan fingerprint density at radius 2 is 1.91 bits per heavy atom. The van der Waals surface area contributed by atoms with E-state index in [1.165, 1.54) is 0 Å². The Bertz CT molecular complexity index is 607. The summed E-state index contributed by atoms with van der Waals surface area (Å²) in [6.07, 6.45) is 1.94. The Labute approximate surface area is 147 Å². The van der Waals surface area contributed by atoms with E-state index >= 15 is 0 Å². The molecule has 2 N–H and O–H groups in total. The minimum atomic E-state index is 0. The molecule has 6 nitrogen and oxygen atoms in total. The molecule has 0 spiro atoms. The van der Waals surface area contributed by atoms with Crippen LogP contribution in [0.5, 0.6) is 0 Å². The van der Waals surface area contributed by atoms with Crippen molar-refractivity contribution in [1.29, 1.82) is 0 Å². The molecule has 0 atom stereocenters. The standard InChI is InChI=1S/C15H19N5O.HI/c16-15(19-8-10-21-11-9-19)17-12-13-6-7-20(18-13)14-4-2-1-3-5-14;/h1-7H,8-12H2,(H2,16,17);1H. The highest BCUT2D eigenvalue weighted by atomic mass is 127. The lowest BCUT2D eigenvalue weighted by Crippen LogP contribution is -2.44. The zero-order valence-corrected chi connectivity index (χ0v) is 14.6. The summed E-state index contributed by atoms with van der Waals surface area (Å²) in [5, 5.41) is 4.51. The highest BCUT2D eigenvalue weighted by Crippen LogP contribution is 2.07. The molecule has 0 saturated carbocycles. The number of rotatable bonds is 3. The highest BCUT2D eigenvalue weighted by Gasteiger charge is 2.12. The molecule has 7 heteroatoms. The van der Waals surface area contributed by atoms with Crippen LogP contribution in [0.15, 0.2) is 47.6 Å². The molecule has 3 rings (SSSR count). The summed E-state index contributed by atoms with van der Waals surface area (Å²) in [7, 11) is 0. The Morgan fingerprint density at radius 3 is 2.64 bits per heavy atom. The second-order valence-electron chi connectivity index (χ2n) is 4.86. The van der Waals surface area contributed by atoms with Gasteiger partial charge in [0.2, 0.25) is 0 Å². The first-order valence-electron chi connectivity index (χ1n) is 7.05. The largest absolute Gasteiger partial charge is 0.378 e. The van der Waals surface area contributed by atoms with Gasteiger partial charge in [-0.3, -0.25) is 0 Å². The van der Waals surface area contributed by atoms with E-state index in [0.717, 1.165) is 24.5 Å². The minimum absolute atomic E-state index is 0. The highest BCUT2D eigenvalue weighted by molar-refractivity contribution is 14.0. The number of hydrogen-bond acceptors (Lipinski definition) is 3. The van der Waals surface area contributed by atoms with Crippen LogP contribution >= 0.6 is 24.0 Å². The van der Waals surface area contributed by atoms with Gasteiger partial charge in [0.25, 0.3) is 0 Å². The Balaban J connectivity index is 0.00000176. The number of nitrogens with zero attached hydrogens (tertiary/aromatic N) is 4. The molecule has 2 heterocycles. The lowest BCUT2D eigenvalue weighted by atomic mass is 10.3. The number of para-hydroxylation sites is 1. The lowest BCUT2D eigenvalue weighted by molar-refractivity contribution is 0.0674. The van der Waals surface area contributed by atoms with E-state index in [1.807, 2.05) is 52.2 Å². The number of halogens is 1. The molecule has 1 aromatic heterocycles. The second kappa shape index (κ2) is 8.14. The maximum absolute atomic E-state index is 6.00. The number of aromatic nitrogens is 2. The predicted octanol–water partition coefficient (Wildman–Crippen LogP) is 1.64. The number of hydrogen-bond donors (Lipinski definition) is 1. The average molecular weight is 413 g/mol. The number of nitrogens with two attached hydrogens (primary N) is 1. The molecule has 1 aliphatic rings. The molecule has 118 valence electrons. The molecule has 0 bridgehead atoms. The second-order valence-corrected chi connectivity index (χ2v) is 4.86. The SMILES string of the molecule is I.NC(=NCc1ccn(-c2ccccc2)n1)N1CCOCC1. The van der Waals surface area contributed by atoms with Crippen molar-refractivity contribution >= 4 is 29.9 Å². The number of benzene rings is 1. The van der Waals surface area contributed by atoms with Gasteiger partial charge < -0.3 is 15.4 Å². The van der Waals surface area contributed by atoms with E-state index in [1.54, 1.807) is 0 Å². The molecule has 0 radical (unpaired) electrons. The fourth-order valence-corrected chi connectivity index (χ4v) is 2.22. The number of ether oxygens (including phenoxy) is 1. The van der Waals surface area contributed by atoms with Crippen LogP contribution in [0.4, 0.5) is 0 Å². The molecule has 0 amide bonds. The van der Waals surface area contributed by atoms with Gasteiger partial charge in [0.1, 0.15) is 0 Å². The first kappa shape index (κ1) is 16.8. The summed E-state index contributed by atoms with van der Waals surface area (Å²) in [5.74, 6) is 0.563. The normalized spacial score (nSPS) is 15.5. The zero-order valence-electron chi connectivity index (χ0n) is 12.3. The van der Waals surface area contributed by atoms with Crippen LogP contribution in [-0.4, -0.2) is 46.9 Å². The summed E-state index contributed by atoms with van der Waals surface area (Å²) in [4.78, 5) is 6.45. The molecule has 1 saturated heterocycles. The number of aliphatic imine (C=N–C) groups is 1.